The molecule has 0 aromatic heterocycles. The van der Waals surface area contributed by atoms with Crippen LogP contribution in [0.3, 0.4) is 0 Å². The first kappa shape index (κ1) is 15.0. The van der Waals surface area contributed by atoms with E-state index in [4.69, 9.17) is 0 Å². The molecule has 0 heterocycles. The minimum absolute atomic E-state index is 0.116. The highest BCUT2D eigenvalue weighted by Gasteiger charge is 2.11. The molecule has 0 aliphatic rings. The molecule has 1 atom stereocenters. The van der Waals surface area contributed by atoms with Crippen molar-refractivity contribution in [2.75, 3.05) is 11.9 Å². The second kappa shape index (κ2) is 6.83. The monoisotopic (exact) mass is 288 g/mol. The molecule has 0 amide bonds. The van der Waals surface area contributed by atoms with Crippen molar-refractivity contribution >= 4 is 11.4 Å². The summed E-state index contributed by atoms with van der Waals surface area (Å²) in [5, 5.41) is 13.6. The number of hydrogen-bond donors (Lipinski definition) is 1. The molecule has 5 heteroatoms. The van der Waals surface area contributed by atoms with Gasteiger partial charge in [0.05, 0.1) is 10.6 Å². The SMILES string of the molecule is CC(CCNc1cc([N+](=O)[O-])ccc1F)c1ccccc1. The Kier molecular flexibility index (Phi) is 4.87. The summed E-state index contributed by atoms with van der Waals surface area (Å²) in [7, 11) is 0. The van der Waals surface area contributed by atoms with Crippen LogP contribution in [-0.4, -0.2) is 11.5 Å². The van der Waals surface area contributed by atoms with Gasteiger partial charge in [-0.1, -0.05) is 37.3 Å². The van der Waals surface area contributed by atoms with Crippen LogP contribution in [0.15, 0.2) is 48.5 Å². The molecule has 2 rings (SSSR count). The molecular weight excluding hydrogens is 271 g/mol. The topological polar surface area (TPSA) is 55.2 Å². The highest BCUT2D eigenvalue weighted by Crippen LogP contribution is 2.23. The number of nitro benzene ring substituents is 1. The average molecular weight is 288 g/mol. The minimum Gasteiger partial charge on any atom is -0.382 e. The normalized spacial score (nSPS) is 11.9. The van der Waals surface area contributed by atoms with Gasteiger partial charge in [0.2, 0.25) is 0 Å². The van der Waals surface area contributed by atoms with Gasteiger partial charge >= 0.3 is 0 Å². The molecule has 4 nitrogen and oxygen atoms in total. The molecule has 0 fully saturated rings. The fraction of sp³-hybridized carbons (Fsp3) is 0.250. The van der Waals surface area contributed by atoms with E-state index >= 15 is 0 Å². The Balaban J connectivity index is 1.94. The van der Waals surface area contributed by atoms with Gasteiger partial charge in [-0.25, -0.2) is 4.39 Å². The summed E-state index contributed by atoms with van der Waals surface area (Å²) >= 11 is 0. The number of hydrogen-bond acceptors (Lipinski definition) is 3. The molecule has 1 unspecified atom stereocenters. The average Bonchev–Trinajstić information content (AvgIpc) is 2.49. The molecule has 0 radical (unpaired) electrons. The Hall–Kier alpha value is -2.43. The lowest BCUT2D eigenvalue weighted by Gasteiger charge is -2.13. The van der Waals surface area contributed by atoms with E-state index in [-0.39, 0.29) is 11.4 Å². The number of non-ortho nitro benzene ring substituents is 1. The van der Waals surface area contributed by atoms with Gasteiger partial charge in [0.25, 0.3) is 5.69 Å². The van der Waals surface area contributed by atoms with Gasteiger partial charge in [-0.2, -0.15) is 0 Å². The molecule has 0 saturated heterocycles. The van der Waals surface area contributed by atoms with Gasteiger partial charge < -0.3 is 5.32 Å². The first-order valence-corrected chi connectivity index (χ1v) is 6.80. The molecule has 21 heavy (non-hydrogen) atoms. The van der Waals surface area contributed by atoms with Gasteiger partial charge in [0, 0.05) is 18.7 Å². The van der Waals surface area contributed by atoms with Gasteiger partial charge in [-0.05, 0) is 24.0 Å². The summed E-state index contributed by atoms with van der Waals surface area (Å²) in [4.78, 5) is 10.2. The summed E-state index contributed by atoms with van der Waals surface area (Å²) in [6.07, 6.45) is 0.812. The molecule has 2 aromatic carbocycles. The molecule has 0 bridgehead atoms. The predicted octanol–water partition coefficient (Wildman–Crippen LogP) is 4.34. The van der Waals surface area contributed by atoms with Crippen LogP contribution in [0.1, 0.15) is 24.8 Å². The fourth-order valence-corrected chi connectivity index (χ4v) is 2.13. The van der Waals surface area contributed by atoms with E-state index < -0.39 is 10.7 Å². The van der Waals surface area contributed by atoms with Crippen LogP contribution in [0.5, 0.6) is 0 Å². The van der Waals surface area contributed by atoms with Crippen molar-refractivity contribution in [1.29, 1.82) is 0 Å². The second-order valence-electron chi connectivity index (χ2n) is 4.95. The molecule has 0 aliphatic carbocycles. The van der Waals surface area contributed by atoms with Crippen molar-refractivity contribution in [2.24, 2.45) is 0 Å². The van der Waals surface area contributed by atoms with Crippen molar-refractivity contribution in [1.82, 2.24) is 0 Å². The lowest BCUT2D eigenvalue weighted by molar-refractivity contribution is -0.384. The van der Waals surface area contributed by atoms with Crippen LogP contribution in [0.2, 0.25) is 0 Å². The molecule has 0 saturated carbocycles. The smallest absolute Gasteiger partial charge is 0.271 e. The maximum atomic E-state index is 13.6. The summed E-state index contributed by atoms with van der Waals surface area (Å²) in [5.41, 5.74) is 1.28. The number of nitrogens with zero attached hydrogens (tertiary/aromatic N) is 1. The first-order chi connectivity index (χ1) is 10.1. The molecule has 110 valence electrons. The Morgan fingerprint density at radius 3 is 2.62 bits per heavy atom. The lowest BCUT2D eigenvalue weighted by Crippen LogP contribution is -2.07. The fourth-order valence-electron chi connectivity index (χ4n) is 2.13. The van der Waals surface area contributed by atoms with Gasteiger partial charge in [-0.3, -0.25) is 10.1 Å². The summed E-state index contributed by atoms with van der Waals surface area (Å²) in [5.74, 6) is -0.145. The standard InChI is InChI=1S/C16H17FN2O2/c1-12(13-5-3-2-4-6-13)9-10-18-16-11-14(19(20)21)7-8-15(16)17/h2-8,11-12,18H,9-10H2,1H3. The van der Waals surface area contributed by atoms with Crippen molar-refractivity contribution < 1.29 is 9.31 Å². The largest absolute Gasteiger partial charge is 0.382 e. The van der Waals surface area contributed by atoms with Crippen molar-refractivity contribution in [3.63, 3.8) is 0 Å². The van der Waals surface area contributed by atoms with Crippen LogP contribution in [-0.2, 0) is 0 Å². The zero-order chi connectivity index (χ0) is 15.2. The maximum Gasteiger partial charge on any atom is 0.271 e. The van der Waals surface area contributed by atoms with Gasteiger partial charge in [0.15, 0.2) is 0 Å². The van der Waals surface area contributed by atoms with E-state index in [2.05, 4.69) is 24.4 Å². The lowest BCUT2D eigenvalue weighted by atomic mass is 9.98. The third kappa shape index (κ3) is 4.02. The minimum atomic E-state index is -0.531. The van der Waals surface area contributed by atoms with Crippen LogP contribution < -0.4 is 5.32 Å². The Labute approximate surface area is 122 Å². The number of nitro groups is 1. The highest BCUT2D eigenvalue weighted by molar-refractivity contribution is 5.52. The van der Waals surface area contributed by atoms with E-state index in [9.17, 15) is 14.5 Å². The van der Waals surface area contributed by atoms with Crippen LogP contribution in [0.4, 0.5) is 15.8 Å². The van der Waals surface area contributed by atoms with Crippen LogP contribution in [0.25, 0.3) is 0 Å². The summed E-state index contributed by atoms with van der Waals surface area (Å²) in [6, 6.07) is 13.5. The Bertz CT molecular complexity index is 617. The van der Waals surface area contributed by atoms with E-state index in [0.717, 1.165) is 18.6 Å². The molecule has 0 spiro atoms. The Morgan fingerprint density at radius 1 is 1.24 bits per heavy atom. The molecule has 0 aliphatic heterocycles. The van der Waals surface area contributed by atoms with E-state index in [0.29, 0.717) is 12.5 Å². The number of rotatable bonds is 6. The zero-order valence-electron chi connectivity index (χ0n) is 11.8. The molecule has 1 N–H and O–H groups in total. The second-order valence-corrected chi connectivity index (χ2v) is 4.95. The molecule has 2 aromatic rings. The van der Waals surface area contributed by atoms with Gasteiger partial charge in [0.1, 0.15) is 5.82 Å². The van der Waals surface area contributed by atoms with E-state index in [1.54, 1.807) is 0 Å². The van der Waals surface area contributed by atoms with Crippen molar-refractivity contribution in [3.05, 3.63) is 70.0 Å². The third-order valence-electron chi connectivity index (χ3n) is 3.42. The Morgan fingerprint density at radius 2 is 1.95 bits per heavy atom. The van der Waals surface area contributed by atoms with Crippen molar-refractivity contribution in [2.45, 2.75) is 19.3 Å². The zero-order valence-corrected chi connectivity index (χ0v) is 11.8. The van der Waals surface area contributed by atoms with Gasteiger partial charge in [-0.15, -0.1) is 0 Å². The predicted molar refractivity (Wildman–Crippen MR) is 81.0 cm³/mol. The maximum absolute atomic E-state index is 13.6. The number of benzene rings is 2. The number of halogens is 1. The van der Waals surface area contributed by atoms with Crippen LogP contribution >= 0.6 is 0 Å². The number of anilines is 1. The quantitative estimate of drug-likeness (QED) is 0.635. The molecular formula is C16H17FN2O2. The van der Waals surface area contributed by atoms with E-state index in [1.165, 1.54) is 11.6 Å². The van der Waals surface area contributed by atoms with Crippen LogP contribution in [0, 0.1) is 15.9 Å². The summed E-state index contributed by atoms with van der Waals surface area (Å²) in [6.45, 7) is 2.65. The van der Waals surface area contributed by atoms with E-state index in [1.807, 2.05) is 18.2 Å². The third-order valence-corrected chi connectivity index (χ3v) is 3.42. The number of nitrogens with one attached hydrogen (secondary N) is 1. The van der Waals surface area contributed by atoms with Crippen molar-refractivity contribution in [3.8, 4) is 0 Å². The highest BCUT2D eigenvalue weighted by atomic mass is 19.1. The summed E-state index contributed by atoms with van der Waals surface area (Å²) < 4.78 is 13.6. The first-order valence-electron chi connectivity index (χ1n) is 6.80.